The molecule has 0 saturated carbocycles. The van der Waals surface area contributed by atoms with Crippen LogP contribution >= 0.6 is 0 Å². The number of halogens is 3. The Hall–Kier alpha value is -3.63. The maximum absolute atomic E-state index is 11.5. The number of rotatable bonds is 4. The van der Waals surface area contributed by atoms with Crippen LogP contribution in [0.2, 0.25) is 0 Å². The van der Waals surface area contributed by atoms with Gasteiger partial charge in [-0.2, -0.15) is 18.3 Å². The second kappa shape index (κ2) is 9.90. The zero-order valence-corrected chi connectivity index (χ0v) is 14.5. The molecule has 0 aromatic heterocycles. The van der Waals surface area contributed by atoms with E-state index >= 15 is 0 Å². The van der Waals surface area contributed by atoms with Crippen LogP contribution in [-0.4, -0.2) is 42.5 Å². The normalized spacial score (nSPS) is 10.9. The van der Waals surface area contributed by atoms with Crippen molar-refractivity contribution < 1.29 is 37.4 Å². The molecule has 150 valence electrons. The number of esters is 1. The summed E-state index contributed by atoms with van der Waals surface area (Å²) >= 11 is 0. The summed E-state index contributed by atoms with van der Waals surface area (Å²) in [4.78, 5) is 31.5. The fourth-order valence-corrected chi connectivity index (χ4v) is 2.01. The van der Waals surface area contributed by atoms with E-state index in [0.717, 1.165) is 16.3 Å². The highest BCUT2D eigenvalue weighted by molar-refractivity contribution is 6.07. The molecule has 1 amide bonds. The topological polar surface area (TPSA) is 131 Å². The summed E-state index contributed by atoms with van der Waals surface area (Å²) in [6.07, 6.45) is -3.93. The van der Waals surface area contributed by atoms with Crippen molar-refractivity contribution in [2.24, 2.45) is 10.9 Å². The van der Waals surface area contributed by atoms with Gasteiger partial charge in [0.25, 0.3) is 0 Å². The Balaban J connectivity index is 0.000000416. The van der Waals surface area contributed by atoms with Gasteiger partial charge >= 0.3 is 18.1 Å². The lowest BCUT2D eigenvalue weighted by Crippen LogP contribution is -2.23. The van der Waals surface area contributed by atoms with E-state index in [4.69, 9.17) is 10.9 Å². The van der Waals surface area contributed by atoms with Gasteiger partial charge in [0.15, 0.2) is 0 Å². The summed E-state index contributed by atoms with van der Waals surface area (Å²) in [6, 6.07) is 10.9. The Kier molecular flexibility index (Phi) is 7.92. The maximum atomic E-state index is 11.5. The number of amides is 1. The lowest BCUT2D eigenvalue weighted by molar-refractivity contribution is -0.196. The summed E-state index contributed by atoms with van der Waals surface area (Å²) in [7, 11) is 0.676. The highest BCUT2D eigenvalue weighted by Gasteiger charge is 2.40. The van der Waals surface area contributed by atoms with Gasteiger partial charge in [-0.25, -0.2) is 4.79 Å². The fraction of sp³-hybridized carbons (Fsp3) is 0.176. The van der Waals surface area contributed by atoms with Crippen LogP contribution in [0.25, 0.3) is 10.8 Å². The van der Waals surface area contributed by atoms with Crippen molar-refractivity contribution in [2.75, 3.05) is 12.4 Å². The molecule has 0 aliphatic heterocycles. The number of fused-ring (bicyclic) bond motifs is 1. The number of anilines is 1. The molecule has 0 heterocycles. The monoisotopic (exact) mass is 399 g/mol. The quantitative estimate of drug-likeness (QED) is 0.238. The van der Waals surface area contributed by atoms with Gasteiger partial charge in [-0.3, -0.25) is 9.59 Å². The molecule has 0 fully saturated rings. The van der Waals surface area contributed by atoms with E-state index in [0.29, 0.717) is 12.8 Å². The van der Waals surface area contributed by atoms with Crippen LogP contribution in [0.15, 0.2) is 41.5 Å². The van der Waals surface area contributed by atoms with E-state index in [1.807, 2.05) is 24.3 Å². The molecule has 0 atom stereocenters. The minimum Gasteiger partial charge on any atom is -0.481 e. The number of carboxylic acids is 1. The van der Waals surface area contributed by atoms with Gasteiger partial charge in [0.2, 0.25) is 5.91 Å². The first-order chi connectivity index (χ1) is 13.1. The minimum absolute atomic E-state index is 0.557. The van der Waals surface area contributed by atoms with Gasteiger partial charge in [-0.1, -0.05) is 24.3 Å². The Morgan fingerprint density at radius 2 is 1.93 bits per heavy atom. The summed E-state index contributed by atoms with van der Waals surface area (Å²) < 4.78 is 36.3. The highest BCUT2D eigenvalue weighted by Crippen LogP contribution is 2.24. The van der Waals surface area contributed by atoms with Crippen LogP contribution in [0.3, 0.4) is 0 Å². The largest absolute Gasteiger partial charge is 0.490 e. The lowest BCUT2D eigenvalue weighted by Gasteiger charge is -2.08. The first-order valence-electron chi connectivity index (χ1n) is 7.51. The first kappa shape index (κ1) is 22.4. The van der Waals surface area contributed by atoms with Crippen LogP contribution in [0.4, 0.5) is 18.9 Å². The number of methoxy groups -OCH3 is 1. The molecule has 2 aromatic rings. The molecule has 2 rings (SSSR count). The number of nitrogens with zero attached hydrogens (tertiary/aromatic N) is 1. The van der Waals surface area contributed by atoms with Gasteiger partial charge in [0.1, 0.15) is 6.42 Å². The second-order valence-electron chi connectivity index (χ2n) is 5.17. The summed E-state index contributed by atoms with van der Waals surface area (Å²) in [6.45, 7) is 0. The number of nitrogens with one attached hydrogen (secondary N) is 1. The van der Waals surface area contributed by atoms with E-state index in [1.165, 1.54) is 6.21 Å². The molecule has 11 heteroatoms. The molecule has 0 aliphatic rings. The van der Waals surface area contributed by atoms with Crippen molar-refractivity contribution in [3.63, 3.8) is 0 Å². The van der Waals surface area contributed by atoms with E-state index in [-0.39, 0.29) is 0 Å². The maximum Gasteiger partial charge on any atom is 0.490 e. The highest BCUT2D eigenvalue weighted by atomic mass is 19.4. The Bertz CT molecular complexity index is 897. The summed E-state index contributed by atoms with van der Waals surface area (Å²) in [5.74, 6) is 1.21. The summed E-state index contributed by atoms with van der Waals surface area (Å²) in [5, 5.41) is 16.4. The number of hydrazone groups is 1. The average Bonchev–Trinajstić information content (AvgIpc) is 2.61. The Labute approximate surface area is 156 Å². The number of benzene rings is 2. The Morgan fingerprint density at radius 3 is 2.43 bits per heavy atom. The molecule has 28 heavy (non-hydrogen) atoms. The van der Waals surface area contributed by atoms with Gasteiger partial charge in [-0.15, -0.1) is 0 Å². The number of alkyl halides is 3. The molecule has 0 spiro atoms. The molecule has 2 aromatic carbocycles. The first-order valence-corrected chi connectivity index (χ1v) is 7.51. The molecule has 4 N–H and O–H groups in total. The zero-order valence-electron chi connectivity index (χ0n) is 14.5. The van der Waals surface area contributed by atoms with E-state index in [2.05, 4.69) is 15.2 Å². The van der Waals surface area contributed by atoms with Crippen molar-refractivity contribution in [3.8, 4) is 0 Å². The van der Waals surface area contributed by atoms with Crippen LogP contribution < -0.4 is 11.2 Å². The minimum atomic E-state index is -4.85. The van der Waals surface area contributed by atoms with E-state index in [9.17, 15) is 27.6 Å². The van der Waals surface area contributed by atoms with Crippen molar-refractivity contribution in [2.45, 2.75) is 12.6 Å². The number of carboxylic acid groups (broad SMARTS) is 1. The number of hydrogen-bond acceptors (Lipinski definition) is 6. The standard InChI is InChI=1S/C14H13N3O3.C3H3F3O2/c15-16-8-9-4-5-10-2-1-3-12(11(10)6-9)17-13(18)7-14(19)20;1-8-2(7)3(4,5)6/h1-6,8H,7,15H2,(H,17,18)(H,19,20);1H3. The van der Waals surface area contributed by atoms with Gasteiger partial charge < -0.3 is 21.0 Å². The average molecular weight is 399 g/mol. The molecule has 8 nitrogen and oxygen atoms in total. The van der Waals surface area contributed by atoms with Crippen molar-refractivity contribution in [1.29, 1.82) is 0 Å². The summed E-state index contributed by atoms with van der Waals surface area (Å²) in [5.41, 5.74) is 1.35. The third-order valence-electron chi connectivity index (χ3n) is 3.13. The number of ether oxygens (including phenoxy) is 1. The molecular weight excluding hydrogens is 383 g/mol. The van der Waals surface area contributed by atoms with Crippen LogP contribution in [0, 0.1) is 0 Å². The van der Waals surface area contributed by atoms with Crippen LogP contribution in [0.1, 0.15) is 12.0 Å². The molecule has 0 unspecified atom stereocenters. The second-order valence-corrected chi connectivity index (χ2v) is 5.17. The molecule has 0 bridgehead atoms. The van der Waals surface area contributed by atoms with Gasteiger partial charge in [0.05, 0.1) is 13.3 Å². The third-order valence-corrected chi connectivity index (χ3v) is 3.13. The molecule has 0 saturated heterocycles. The smallest absolute Gasteiger partial charge is 0.481 e. The number of aliphatic carboxylic acids is 1. The number of carbonyl (C=O) groups is 3. The lowest BCUT2D eigenvalue weighted by atomic mass is 10.1. The van der Waals surface area contributed by atoms with Crippen LogP contribution in [0.5, 0.6) is 0 Å². The number of nitrogens with two attached hydrogens (primary N) is 1. The van der Waals surface area contributed by atoms with E-state index < -0.39 is 30.4 Å². The molecule has 0 aliphatic carbocycles. The van der Waals surface area contributed by atoms with Gasteiger partial charge in [0, 0.05) is 11.1 Å². The van der Waals surface area contributed by atoms with Crippen molar-refractivity contribution in [1.82, 2.24) is 0 Å². The SMILES string of the molecule is COC(=O)C(F)(F)F.NN=Cc1ccc2cccc(NC(=O)CC(=O)O)c2c1. The van der Waals surface area contributed by atoms with Crippen molar-refractivity contribution in [3.05, 3.63) is 42.0 Å². The molecular formula is C17H16F3N3O5. The van der Waals surface area contributed by atoms with Crippen molar-refractivity contribution >= 4 is 40.5 Å². The van der Waals surface area contributed by atoms with E-state index in [1.54, 1.807) is 12.1 Å². The molecule has 0 radical (unpaired) electrons. The zero-order chi connectivity index (χ0) is 21.3. The Morgan fingerprint density at radius 1 is 1.25 bits per heavy atom. The predicted octanol–water partition coefficient (Wildman–Crippen LogP) is 2.27. The number of hydrogen-bond donors (Lipinski definition) is 3. The van der Waals surface area contributed by atoms with Crippen LogP contribution in [-0.2, 0) is 19.1 Å². The fourth-order valence-electron chi connectivity index (χ4n) is 2.01. The number of carbonyl (C=O) groups excluding carboxylic acids is 2. The van der Waals surface area contributed by atoms with Gasteiger partial charge in [-0.05, 0) is 23.1 Å². The predicted molar refractivity (Wildman–Crippen MR) is 94.7 cm³/mol. The third kappa shape index (κ3) is 6.94.